The maximum Gasteiger partial charge on any atom is 0.127 e. The lowest BCUT2D eigenvalue weighted by Crippen LogP contribution is -1.93. The van der Waals surface area contributed by atoms with E-state index in [4.69, 9.17) is 0 Å². The van der Waals surface area contributed by atoms with Crippen LogP contribution >= 0.6 is 0 Å². The van der Waals surface area contributed by atoms with Gasteiger partial charge in [0.15, 0.2) is 0 Å². The molecule has 0 aliphatic rings. The Balaban J connectivity index is 2.80. The van der Waals surface area contributed by atoms with E-state index in [1.165, 1.54) is 6.07 Å². The summed E-state index contributed by atoms with van der Waals surface area (Å²) in [5, 5.41) is 7.60. The Morgan fingerprint density at radius 1 is 1.38 bits per heavy atom. The molecule has 1 aromatic carbocycles. The van der Waals surface area contributed by atoms with Gasteiger partial charge in [0.05, 0.1) is 11.7 Å². The van der Waals surface area contributed by atoms with E-state index >= 15 is 0 Å². The molecule has 13 heavy (non-hydrogen) atoms. The standard InChI is InChI=1S/C10H11FN2/c1-6(2)10-7-5-12-13-9(7)4-3-8(10)11/h3-6H,1-2H3,(H,12,13). The average molecular weight is 178 g/mol. The molecule has 0 saturated heterocycles. The van der Waals surface area contributed by atoms with Crippen molar-refractivity contribution in [2.24, 2.45) is 0 Å². The van der Waals surface area contributed by atoms with Crippen molar-refractivity contribution in [2.75, 3.05) is 0 Å². The summed E-state index contributed by atoms with van der Waals surface area (Å²) < 4.78 is 13.4. The van der Waals surface area contributed by atoms with Gasteiger partial charge in [-0.25, -0.2) is 4.39 Å². The number of aromatic nitrogens is 2. The summed E-state index contributed by atoms with van der Waals surface area (Å²) in [5.74, 6) is 0.0326. The lowest BCUT2D eigenvalue weighted by molar-refractivity contribution is 0.602. The van der Waals surface area contributed by atoms with Gasteiger partial charge in [-0.15, -0.1) is 0 Å². The largest absolute Gasteiger partial charge is 0.278 e. The van der Waals surface area contributed by atoms with Gasteiger partial charge in [0.25, 0.3) is 0 Å². The normalized spacial score (nSPS) is 11.4. The molecule has 0 radical (unpaired) electrons. The Morgan fingerprint density at radius 3 is 2.85 bits per heavy atom. The minimum atomic E-state index is -0.149. The van der Waals surface area contributed by atoms with Gasteiger partial charge < -0.3 is 0 Å². The Kier molecular flexibility index (Phi) is 1.79. The van der Waals surface area contributed by atoms with Gasteiger partial charge in [-0.1, -0.05) is 13.8 Å². The number of H-pyrrole nitrogens is 1. The van der Waals surface area contributed by atoms with Crippen LogP contribution in [0.2, 0.25) is 0 Å². The van der Waals surface area contributed by atoms with Crippen molar-refractivity contribution in [3.05, 3.63) is 29.7 Å². The second-order valence-corrected chi connectivity index (χ2v) is 3.45. The predicted octanol–water partition coefficient (Wildman–Crippen LogP) is 2.83. The van der Waals surface area contributed by atoms with Gasteiger partial charge in [0.1, 0.15) is 5.82 Å². The van der Waals surface area contributed by atoms with Crippen LogP contribution in [0.3, 0.4) is 0 Å². The van der Waals surface area contributed by atoms with Crippen molar-refractivity contribution >= 4 is 10.9 Å². The zero-order chi connectivity index (χ0) is 9.42. The summed E-state index contributed by atoms with van der Waals surface area (Å²) in [6.45, 7) is 3.95. The van der Waals surface area contributed by atoms with Gasteiger partial charge in [-0.3, -0.25) is 5.10 Å². The molecule has 1 N–H and O–H groups in total. The minimum absolute atomic E-state index is 0.149. The summed E-state index contributed by atoms with van der Waals surface area (Å²) in [4.78, 5) is 0. The molecule has 0 atom stereocenters. The molecular formula is C10H11FN2. The van der Waals surface area contributed by atoms with Gasteiger partial charge in [-0.2, -0.15) is 5.10 Å². The molecule has 3 heteroatoms. The molecule has 2 rings (SSSR count). The number of benzene rings is 1. The first-order valence-corrected chi connectivity index (χ1v) is 4.31. The van der Waals surface area contributed by atoms with Crippen molar-refractivity contribution in [3.63, 3.8) is 0 Å². The fourth-order valence-corrected chi connectivity index (χ4v) is 1.60. The second-order valence-electron chi connectivity index (χ2n) is 3.45. The van der Waals surface area contributed by atoms with E-state index in [1.54, 1.807) is 12.3 Å². The molecular weight excluding hydrogens is 167 g/mol. The molecule has 0 spiro atoms. The number of halogens is 1. The minimum Gasteiger partial charge on any atom is -0.278 e. The SMILES string of the molecule is CC(C)c1c(F)ccc2[nH]ncc12. The lowest BCUT2D eigenvalue weighted by Gasteiger charge is -2.07. The first kappa shape index (κ1) is 8.23. The van der Waals surface area contributed by atoms with E-state index in [-0.39, 0.29) is 11.7 Å². The Morgan fingerprint density at radius 2 is 2.15 bits per heavy atom. The van der Waals surface area contributed by atoms with Crippen LogP contribution in [0.25, 0.3) is 10.9 Å². The highest BCUT2D eigenvalue weighted by Gasteiger charge is 2.11. The zero-order valence-corrected chi connectivity index (χ0v) is 7.63. The molecule has 2 aromatic rings. The van der Waals surface area contributed by atoms with E-state index in [9.17, 15) is 4.39 Å². The number of hydrogen-bond acceptors (Lipinski definition) is 1. The number of hydrogen-bond donors (Lipinski definition) is 1. The van der Waals surface area contributed by atoms with Crippen LogP contribution < -0.4 is 0 Å². The topological polar surface area (TPSA) is 28.7 Å². The van der Waals surface area contributed by atoms with E-state index in [0.717, 1.165) is 16.5 Å². The third-order valence-electron chi connectivity index (χ3n) is 2.19. The lowest BCUT2D eigenvalue weighted by atomic mass is 9.99. The third-order valence-corrected chi connectivity index (χ3v) is 2.19. The van der Waals surface area contributed by atoms with Crippen molar-refractivity contribution in [3.8, 4) is 0 Å². The molecule has 0 unspecified atom stereocenters. The van der Waals surface area contributed by atoms with E-state index in [0.29, 0.717) is 0 Å². The molecule has 1 aromatic heterocycles. The zero-order valence-electron chi connectivity index (χ0n) is 7.63. The molecule has 0 amide bonds. The van der Waals surface area contributed by atoms with Crippen molar-refractivity contribution in [1.82, 2.24) is 10.2 Å². The molecule has 0 fully saturated rings. The Hall–Kier alpha value is -1.38. The van der Waals surface area contributed by atoms with Crippen molar-refractivity contribution in [2.45, 2.75) is 19.8 Å². The molecule has 2 nitrogen and oxygen atoms in total. The highest BCUT2D eigenvalue weighted by Crippen LogP contribution is 2.26. The van der Waals surface area contributed by atoms with Crippen LogP contribution in [-0.4, -0.2) is 10.2 Å². The summed E-state index contributed by atoms with van der Waals surface area (Å²) in [7, 11) is 0. The van der Waals surface area contributed by atoms with Crippen molar-refractivity contribution in [1.29, 1.82) is 0 Å². The first-order chi connectivity index (χ1) is 6.20. The fourth-order valence-electron chi connectivity index (χ4n) is 1.60. The molecule has 0 bridgehead atoms. The maximum absolute atomic E-state index is 13.4. The number of nitrogens with one attached hydrogen (secondary N) is 1. The van der Waals surface area contributed by atoms with Crippen LogP contribution in [0.15, 0.2) is 18.3 Å². The first-order valence-electron chi connectivity index (χ1n) is 4.31. The van der Waals surface area contributed by atoms with Crippen LogP contribution in [0.5, 0.6) is 0 Å². The highest BCUT2D eigenvalue weighted by atomic mass is 19.1. The molecule has 0 aliphatic heterocycles. The van der Waals surface area contributed by atoms with Gasteiger partial charge in [-0.05, 0) is 18.1 Å². The Labute approximate surface area is 75.8 Å². The molecule has 68 valence electrons. The maximum atomic E-state index is 13.4. The highest BCUT2D eigenvalue weighted by molar-refractivity contribution is 5.82. The smallest absolute Gasteiger partial charge is 0.127 e. The average Bonchev–Trinajstić information content (AvgIpc) is 2.50. The molecule has 0 aliphatic carbocycles. The van der Waals surface area contributed by atoms with Crippen LogP contribution in [0.4, 0.5) is 4.39 Å². The summed E-state index contributed by atoms with van der Waals surface area (Å²) in [6, 6.07) is 3.19. The predicted molar refractivity (Wildman–Crippen MR) is 50.1 cm³/mol. The summed E-state index contributed by atoms with van der Waals surface area (Å²) in [6.07, 6.45) is 1.67. The van der Waals surface area contributed by atoms with E-state index < -0.39 is 0 Å². The number of nitrogens with zero attached hydrogens (tertiary/aromatic N) is 1. The van der Waals surface area contributed by atoms with Gasteiger partial charge >= 0.3 is 0 Å². The van der Waals surface area contributed by atoms with Crippen molar-refractivity contribution < 1.29 is 4.39 Å². The monoisotopic (exact) mass is 178 g/mol. The van der Waals surface area contributed by atoms with Gasteiger partial charge in [0.2, 0.25) is 0 Å². The fraction of sp³-hybridized carbons (Fsp3) is 0.300. The molecule has 1 heterocycles. The quantitative estimate of drug-likeness (QED) is 0.714. The van der Waals surface area contributed by atoms with E-state index in [2.05, 4.69) is 10.2 Å². The van der Waals surface area contributed by atoms with Gasteiger partial charge in [0, 0.05) is 10.9 Å². The Bertz CT molecular complexity index is 431. The molecule has 0 saturated carbocycles. The van der Waals surface area contributed by atoms with Crippen LogP contribution in [-0.2, 0) is 0 Å². The third kappa shape index (κ3) is 1.20. The summed E-state index contributed by atoms with van der Waals surface area (Å²) >= 11 is 0. The summed E-state index contributed by atoms with van der Waals surface area (Å²) in [5.41, 5.74) is 1.64. The van der Waals surface area contributed by atoms with Crippen LogP contribution in [0.1, 0.15) is 25.3 Å². The number of fused-ring (bicyclic) bond motifs is 1. The van der Waals surface area contributed by atoms with E-state index in [1.807, 2.05) is 13.8 Å². The number of rotatable bonds is 1. The van der Waals surface area contributed by atoms with Crippen LogP contribution in [0, 0.1) is 5.82 Å². The second kappa shape index (κ2) is 2.83. The number of aromatic amines is 1.